The van der Waals surface area contributed by atoms with Crippen LogP contribution in [0.4, 0.5) is 5.69 Å². The zero-order chi connectivity index (χ0) is 13.4. The van der Waals surface area contributed by atoms with Gasteiger partial charge in [0.2, 0.25) is 5.91 Å². The van der Waals surface area contributed by atoms with E-state index < -0.39 is 0 Å². The van der Waals surface area contributed by atoms with E-state index in [1.807, 2.05) is 12.1 Å². The van der Waals surface area contributed by atoms with Gasteiger partial charge in [0, 0.05) is 24.7 Å². The number of carbonyl (C=O) groups is 1. The predicted octanol–water partition coefficient (Wildman–Crippen LogP) is 2.67. The highest BCUT2D eigenvalue weighted by atomic mass is 16.2. The number of hydrogen-bond donors (Lipinski definition) is 1. The number of nitrogens with zero attached hydrogens (tertiary/aromatic N) is 1. The van der Waals surface area contributed by atoms with Crippen molar-refractivity contribution in [2.45, 2.75) is 45.2 Å². The van der Waals surface area contributed by atoms with Gasteiger partial charge in [-0.15, -0.1) is 0 Å². The zero-order valence-electron chi connectivity index (χ0n) is 11.7. The number of anilines is 1. The first-order valence-electron chi connectivity index (χ1n) is 7.30. The number of nitrogens with one attached hydrogen (secondary N) is 1. The van der Waals surface area contributed by atoms with E-state index in [4.69, 9.17) is 0 Å². The molecule has 0 aromatic heterocycles. The molecule has 2 aliphatic rings. The van der Waals surface area contributed by atoms with E-state index in [-0.39, 0.29) is 11.9 Å². The Labute approximate surface area is 115 Å². The highest BCUT2D eigenvalue weighted by Crippen LogP contribution is 2.32. The summed E-state index contributed by atoms with van der Waals surface area (Å²) in [7, 11) is 0. The number of amides is 1. The van der Waals surface area contributed by atoms with Crippen LogP contribution in [0.25, 0.3) is 0 Å². The Bertz CT molecular complexity index is 454. The van der Waals surface area contributed by atoms with Gasteiger partial charge in [0.15, 0.2) is 0 Å². The average molecular weight is 258 g/mol. The molecule has 0 bridgehead atoms. The molecule has 1 amide bonds. The number of rotatable bonds is 4. The van der Waals surface area contributed by atoms with Gasteiger partial charge in [0.05, 0.1) is 0 Å². The molecule has 0 saturated heterocycles. The molecule has 19 heavy (non-hydrogen) atoms. The lowest BCUT2D eigenvalue weighted by atomic mass is 10.1. The third-order valence-corrected chi connectivity index (χ3v) is 4.13. The standard InChI is InChI=1S/C16H22N2O/c1-11(2)18(10-12-7-8-12)16(19)15-9-13-5-3-4-6-14(13)17-15/h3-6,11-12,15,17H,7-10H2,1-2H3/t15-/m0/s1. The summed E-state index contributed by atoms with van der Waals surface area (Å²) in [5, 5.41) is 3.37. The van der Waals surface area contributed by atoms with Crippen LogP contribution in [0.2, 0.25) is 0 Å². The molecule has 3 heteroatoms. The van der Waals surface area contributed by atoms with E-state index in [0.29, 0.717) is 6.04 Å². The summed E-state index contributed by atoms with van der Waals surface area (Å²) in [5.74, 6) is 1.01. The summed E-state index contributed by atoms with van der Waals surface area (Å²) in [4.78, 5) is 14.7. The normalized spacial score (nSPS) is 21.1. The summed E-state index contributed by atoms with van der Waals surface area (Å²) in [6.45, 7) is 5.16. The monoisotopic (exact) mass is 258 g/mol. The second-order valence-corrected chi connectivity index (χ2v) is 6.09. The molecule has 1 aliphatic carbocycles. The lowest BCUT2D eigenvalue weighted by Crippen LogP contribution is -2.46. The molecule has 1 aromatic carbocycles. The summed E-state index contributed by atoms with van der Waals surface area (Å²) in [5.41, 5.74) is 2.38. The van der Waals surface area contributed by atoms with E-state index in [0.717, 1.165) is 24.6 Å². The molecule has 1 saturated carbocycles. The molecule has 1 atom stereocenters. The Kier molecular flexibility index (Phi) is 3.21. The lowest BCUT2D eigenvalue weighted by molar-refractivity contribution is -0.133. The molecular weight excluding hydrogens is 236 g/mol. The number of para-hydroxylation sites is 1. The van der Waals surface area contributed by atoms with Crippen LogP contribution in [-0.4, -0.2) is 29.4 Å². The van der Waals surface area contributed by atoms with Gasteiger partial charge in [0.1, 0.15) is 6.04 Å². The second-order valence-electron chi connectivity index (χ2n) is 6.09. The van der Waals surface area contributed by atoms with Crippen molar-refractivity contribution in [1.82, 2.24) is 4.90 Å². The molecular formula is C16H22N2O. The van der Waals surface area contributed by atoms with Gasteiger partial charge in [-0.2, -0.15) is 0 Å². The van der Waals surface area contributed by atoms with Crippen molar-refractivity contribution < 1.29 is 4.79 Å². The van der Waals surface area contributed by atoms with Gasteiger partial charge >= 0.3 is 0 Å². The maximum Gasteiger partial charge on any atom is 0.245 e. The maximum atomic E-state index is 12.7. The van der Waals surface area contributed by atoms with Gasteiger partial charge < -0.3 is 10.2 Å². The minimum Gasteiger partial charge on any atom is -0.373 e. The molecule has 102 valence electrons. The fourth-order valence-electron chi connectivity index (χ4n) is 2.78. The third kappa shape index (κ3) is 2.60. The summed E-state index contributed by atoms with van der Waals surface area (Å²) < 4.78 is 0. The molecule has 0 spiro atoms. The second kappa shape index (κ2) is 4.87. The van der Waals surface area contributed by atoms with E-state index in [9.17, 15) is 4.79 Å². The minimum absolute atomic E-state index is 0.0708. The molecule has 1 aliphatic heterocycles. The van der Waals surface area contributed by atoms with Gasteiger partial charge in [-0.1, -0.05) is 18.2 Å². The number of benzene rings is 1. The van der Waals surface area contributed by atoms with Crippen molar-refractivity contribution in [2.75, 3.05) is 11.9 Å². The van der Waals surface area contributed by atoms with Crippen LogP contribution in [-0.2, 0) is 11.2 Å². The highest BCUT2D eigenvalue weighted by molar-refractivity contribution is 5.87. The quantitative estimate of drug-likeness (QED) is 0.900. The molecule has 1 N–H and O–H groups in total. The third-order valence-electron chi connectivity index (χ3n) is 4.13. The smallest absolute Gasteiger partial charge is 0.245 e. The van der Waals surface area contributed by atoms with Crippen molar-refractivity contribution in [3.05, 3.63) is 29.8 Å². The lowest BCUT2D eigenvalue weighted by Gasteiger charge is -2.29. The summed E-state index contributed by atoms with van der Waals surface area (Å²) in [6, 6.07) is 8.44. The van der Waals surface area contributed by atoms with Crippen molar-refractivity contribution in [3.63, 3.8) is 0 Å². The van der Waals surface area contributed by atoms with Gasteiger partial charge in [-0.25, -0.2) is 0 Å². The number of fused-ring (bicyclic) bond motifs is 1. The van der Waals surface area contributed by atoms with E-state index >= 15 is 0 Å². The van der Waals surface area contributed by atoms with E-state index in [2.05, 4.69) is 36.2 Å². The van der Waals surface area contributed by atoms with Gasteiger partial charge in [-0.3, -0.25) is 4.79 Å². The first kappa shape index (κ1) is 12.5. The molecule has 1 heterocycles. The zero-order valence-corrected chi connectivity index (χ0v) is 11.7. The average Bonchev–Trinajstić information content (AvgIpc) is 3.10. The Morgan fingerprint density at radius 2 is 2.11 bits per heavy atom. The Hall–Kier alpha value is -1.51. The van der Waals surface area contributed by atoms with Gasteiger partial charge in [-0.05, 0) is 44.2 Å². The summed E-state index contributed by atoms with van der Waals surface area (Å²) in [6.07, 6.45) is 3.40. The Balaban J connectivity index is 1.70. The first-order chi connectivity index (χ1) is 9.15. The molecule has 3 rings (SSSR count). The van der Waals surface area contributed by atoms with Crippen molar-refractivity contribution in [3.8, 4) is 0 Å². The van der Waals surface area contributed by atoms with Crippen LogP contribution in [0.1, 0.15) is 32.3 Å². The maximum absolute atomic E-state index is 12.7. The highest BCUT2D eigenvalue weighted by Gasteiger charge is 2.34. The SMILES string of the molecule is CC(C)N(CC1CC1)C(=O)[C@@H]1Cc2ccccc2N1. The minimum atomic E-state index is -0.0708. The fourth-order valence-corrected chi connectivity index (χ4v) is 2.78. The van der Waals surface area contributed by atoms with Crippen LogP contribution in [0.5, 0.6) is 0 Å². The van der Waals surface area contributed by atoms with Crippen LogP contribution < -0.4 is 5.32 Å². The largest absolute Gasteiger partial charge is 0.373 e. The predicted molar refractivity (Wildman–Crippen MR) is 77.1 cm³/mol. The van der Waals surface area contributed by atoms with Crippen LogP contribution in [0.15, 0.2) is 24.3 Å². The van der Waals surface area contributed by atoms with Crippen molar-refractivity contribution >= 4 is 11.6 Å². The molecule has 1 aromatic rings. The van der Waals surface area contributed by atoms with Crippen LogP contribution in [0, 0.1) is 5.92 Å². The summed E-state index contributed by atoms with van der Waals surface area (Å²) >= 11 is 0. The number of hydrogen-bond acceptors (Lipinski definition) is 2. The Morgan fingerprint density at radius 1 is 1.37 bits per heavy atom. The first-order valence-corrected chi connectivity index (χ1v) is 7.30. The molecule has 0 unspecified atom stereocenters. The number of carbonyl (C=O) groups excluding carboxylic acids is 1. The topological polar surface area (TPSA) is 32.3 Å². The molecule has 0 radical (unpaired) electrons. The van der Waals surface area contributed by atoms with Crippen LogP contribution >= 0.6 is 0 Å². The molecule has 1 fully saturated rings. The molecule has 3 nitrogen and oxygen atoms in total. The van der Waals surface area contributed by atoms with E-state index in [1.165, 1.54) is 18.4 Å². The van der Waals surface area contributed by atoms with Crippen molar-refractivity contribution in [1.29, 1.82) is 0 Å². The van der Waals surface area contributed by atoms with Gasteiger partial charge in [0.25, 0.3) is 0 Å². The van der Waals surface area contributed by atoms with Crippen LogP contribution in [0.3, 0.4) is 0 Å². The van der Waals surface area contributed by atoms with Crippen molar-refractivity contribution in [2.24, 2.45) is 5.92 Å². The Morgan fingerprint density at radius 3 is 2.74 bits per heavy atom. The fraction of sp³-hybridized carbons (Fsp3) is 0.562. The van der Waals surface area contributed by atoms with E-state index in [1.54, 1.807) is 0 Å².